The fourth-order valence-electron chi connectivity index (χ4n) is 2.27. The summed E-state index contributed by atoms with van der Waals surface area (Å²) in [5.74, 6) is -0.952. The average molecular weight is 255 g/mol. The van der Waals surface area contributed by atoms with Crippen LogP contribution in [0.1, 0.15) is 16.1 Å². The highest BCUT2D eigenvalue weighted by atomic mass is 16.4. The van der Waals surface area contributed by atoms with Gasteiger partial charge in [-0.15, -0.1) is 0 Å². The fraction of sp³-hybridized carbons (Fsp3) is 0.143. The quantitative estimate of drug-likeness (QED) is 0.739. The number of rotatable bonds is 2. The Morgan fingerprint density at radius 2 is 2.16 bits per heavy atom. The van der Waals surface area contributed by atoms with Crippen LogP contribution in [0.15, 0.2) is 30.5 Å². The molecule has 0 amide bonds. The fourth-order valence-corrected chi connectivity index (χ4v) is 2.27. The lowest BCUT2D eigenvalue weighted by Gasteiger charge is -2.05. The van der Waals surface area contributed by atoms with Crippen LogP contribution in [0.3, 0.4) is 0 Å². The standard InChI is InChI=1S/C14H13N3O2/c1-8-5-13-9(7-15-17(13)2)6-10(8)11-3-4-12(16-11)14(18)19/h3-7,16H,1-2H3,(H,18,19). The minimum Gasteiger partial charge on any atom is -0.477 e. The van der Waals surface area contributed by atoms with Crippen molar-refractivity contribution in [3.8, 4) is 11.3 Å². The van der Waals surface area contributed by atoms with Crippen LogP contribution in [0.2, 0.25) is 0 Å². The summed E-state index contributed by atoms with van der Waals surface area (Å²) in [6.07, 6.45) is 1.80. The molecule has 19 heavy (non-hydrogen) atoms. The molecule has 0 spiro atoms. The van der Waals surface area contributed by atoms with E-state index in [1.54, 1.807) is 18.3 Å². The third-order valence-electron chi connectivity index (χ3n) is 3.30. The molecule has 0 unspecified atom stereocenters. The molecule has 5 heteroatoms. The van der Waals surface area contributed by atoms with Crippen molar-refractivity contribution in [2.24, 2.45) is 7.05 Å². The highest BCUT2D eigenvalue weighted by Gasteiger charge is 2.11. The molecule has 0 aliphatic carbocycles. The van der Waals surface area contributed by atoms with Crippen LogP contribution in [0.4, 0.5) is 0 Å². The smallest absolute Gasteiger partial charge is 0.352 e. The van der Waals surface area contributed by atoms with Gasteiger partial charge in [-0.3, -0.25) is 4.68 Å². The highest BCUT2D eigenvalue weighted by molar-refractivity contribution is 5.89. The molecular formula is C14H13N3O2. The van der Waals surface area contributed by atoms with Gasteiger partial charge in [-0.05, 0) is 36.8 Å². The Labute approximate surface area is 109 Å². The van der Waals surface area contributed by atoms with Gasteiger partial charge in [-0.25, -0.2) is 4.79 Å². The van der Waals surface area contributed by atoms with Crippen molar-refractivity contribution < 1.29 is 9.90 Å². The Morgan fingerprint density at radius 1 is 1.37 bits per heavy atom. The van der Waals surface area contributed by atoms with Gasteiger partial charge in [-0.1, -0.05) is 0 Å². The van der Waals surface area contributed by atoms with Crippen LogP contribution in [-0.4, -0.2) is 25.8 Å². The molecule has 0 saturated carbocycles. The van der Waals surface area contributed by atoms with E-state index in [1.165, 1.54) is 0 Å². The summed E-state index contributed by atoms with van der Waals surface area (Å²) in [6, 6.07) is 7.44. The second-order valence-electron chi connectivity index (χ2n) is 4.58. The first kappa shape index (κ1) is 11.5. The zero-order valence-electron chi connectivity index (χ0n) is 10.6. The summed E-state index contributed by atoms with van der Waals surface area (Å²) in [5, 5.41) is 14.2. The molecule has 0 atom stereocenters. The number of aromatic nitrogens is 3. The molecule has 0 saturated heterocycles. The molecule has 0 radical (unpaired) electrons. The molecular weight excluding hydrogens is 242 g/mol. The number of nitrogens with zero attached hydrogens (tertiary/aromatic N) is 2. The maximum atomic E-state index is 10.9. The predicted octanol–water partition coefficient (Wildman–Crippen LogP) is 2.58. The molecule has 3 rings (SSSR count). The number of carboxylic acid groups (broad SMARTS) is 1. The summed E-state index contributed by atoms with van der Waals surface area (Å²) in [7, 11) is 1.90. The van der Waals surface area contributed by atoms with E-state index in [0.717, 1.165) is 27.7 Å². The molecule has 0 fully saturated rings. The maximum absolute atomic E-state index is 10.9. The van der Waals surface area contributed by atoms with Gasteiger partial charge >= 0.3 is 5.97 Å². The van der Waals surface area contributed by atoms with Crippen LogP contribution in [0, 0.1) is 6.92 Å². The zero-order valence-corrected chi connectivity index (χ0v) is 10.6. The molecule has 96 valence electrons. The topological polar surface area (TPSA) is 70.9 Å². The summed E-state index contributed by atoms with van der Waals surface area (Å²) in [6.45, 7) is 2.00. The molecule has 0 bridgehead atoms. The summed E-state index contributed by atoms with van der Waals surface area (Å²) < 4.78 is 1.82. The van der Waals surface area contributed by atoms with Gasteiger partial charge in [0, 0.05) is 23.7 Å². The van der Waals surface area contributed by atoms with Crippen LogP contribution < -0.4 is 0 Å². The lowest BCUT2D eigenvalue weighted by molar-refractivity contribution is 0.0691. The Bertz CT molecular complexity index is 783. The number of fused-ring (bicyclic) bond motifs is 1. The normalized spacial score (nSPS) is 11.1. The van der Waals surface area contributed by atoms with Crippen molar-refractivity contribution in [1.29, 1.82) is 0 Å². The minimum absolute atomic E-state index is 0.195. The Kier molecular flexibility index (Phi) is 2.41. The zero-order chi connectivity index (χ0) is 13.6. The summed E-state index contributed by atoms with van der Waals surface area (Å²) in [4.78, 5) is 13.8. The lowest BCUT2D eigenvalue weighted by Crippen LogP contribution is -1.96. The van der Waals surface area contributed by atoms with E-state index in [4.69, 9.17) is 5.11 Å². The van der Waals surface area contributed by atoms with Gasteiger partial charge in [0.1, 0.15) is 5.69 Å². The number of carboxylic acids is 1. The molecule has 0 aliphatic rings. The average Bonchev–Trinajstić information content (AvgIpc) is 2.97. The first-order valence-corrected chi connectivity index (χ1v) is 5.91. The lowest BCUT2D eigenvalue weighted by atomic mass is 10.0. The number of hydrogen-bond donors (Lipinski definition) is 2. The van der Waals surface area contributed by atoms with E-state index in [0.29, 0.717) is 0 Å². The minimum atomic E-state index is -0.952. The van der Waals surface area contributed by atoms with Gasteiger partial charge in [0.25, 0.3) is 0 Å². The number of nitrogens with one attached hydrogen (secondary N) is 1. The molecule has 3 aromatic rings. The number of H-pyrrole nitrogens is 1. The van der Waals surface area contributed by atoms with E-state index < -0.39 is 5.97 Å². The number of aromatic amines is 1. The second kappa shape index (κ2) is 3.98. The largest absolute Gasteiger partial charge is 0.477 e. The molecule has 2 N–H and O–H groups in total. The van der Waals surface area contributed by atoms with E-state index in [-0.39, 0.29) is 5.69 Å². The van der Waals surface area contributed by atoms with E-state index in [9.17, 15) is 4.79 Å². The summed E-state index contributed by atoms with van der Waals surface area (Å²) >= 11 is 0. The highest BCUT2D eigenvalue weighted by Crippen LogP contribution is 2.27. The van der Waals surface area contributed by atoms with Crippen molar-refractivity contribution in [1.82, 2.24) is 14.8 Å². The van der Waals surface area contributed by atoms with Crippen LogP contribution >= 0.6 is 0 Å². The molecule has 2 heterocycles. The number of carbonyl (C=O) groups is 1. The molecule has 1 aromatic carbocycles. The van der Waals surface area contributed by atoms with Gasteiger partial charge in [0.15, 0.2) is 0 Å². The van der Waals surface area contributed by atoms with Gasteiger partial charge in [0.05, 0.1) is 11.7 Å². The first-order valence-electron chi connectivity index (χ1n) is 5.91. The Morgan fingerprint density at radius 3 is 2.84 bits per heavy atom. The van der Waals surface area contributed by atoms with Gasteiger partial charge in [0.2, 0.25) is 0 Å². The van der Waals surface area contributed by atoms with Crippen LogP contribution in [0.25, 0.3) is 22.2 Å². The number of hydrogen-bond acceptors (Lipinski definition) is 2. The Hall–Kier alpha value is -2.56. The maximum Gasteiger partial charge on any atom is 0.352 e. The van der Waals surface area contributed by atoms with Crippen LogP contribution in [-0.2, 0) is 7.05 Å². The first-order chi connectivity index (χ1) is 9.06. The van der Waals surface area contributed by atoms with Crippen LogP contribution in [0.5, 0.6) is 0 Å². The SMILES string of the molecule is Cc1cc2c(cnn2C)cc1-c1ccc(C(=O)O)[nH]1. The summed E-state index contributed by atoms with van der Waals surface area (Å²) in [5.41, 5.74) is 4.13. The monoisotopic (exact) mass is 255 g/mol. The van der Waals surface area contributed by atoms with E-state index >= 15 is 0 Å². The van der Waals surface area contributed by atoms with Gasteiger partial charge in [-0.2, -0.15) is 5.10 Å². The van der Waals surface area contributed by atoms with Crippen molar-refractivity contribution in [3.05, 3.63) is 41.7 Å². The predicted molar refractivity (Wildman–Crippen MR) is 72.2 cm³/mol. The Balaban J connectivity index is 2.18. The van der Waals surface area contributed by atoms with Crippen molar-refractivity contribution in [2.45, 2.75) is 6.92 Å². The van der Waals surface area contributed by atoms with Crippen molar-refractivity contribution >= 4 is 16.9 Å². The van der Waals surface area contributed by atoms with E-state index in [1.807, 2.05) is 24.7 Å². The second-order valence-corrected chi connectivity index (χ2v) is 4.58. The van der Waals surface area contributed by atoms with Gasteiger partial charge < -0.3 is 10.1 Å². The number of benzene rings is 1. The third kappa shape index (κ3) is 1.79. The number of aryl methyl sites for hydroxylation is 2. The van der Waals surface area contributed by atoms with Crippen molar-refractivity contribution in [2.75, 3.05) is 0 Å². The van der Waals surface area contributed by atoms with E-state index in [2.05, 4.69) is 16.1 Å². The number of aromatic carboxylic acids is 1. The molecule has 0 aliphatic heterocycles. The molecule has 2 aromatic heterocycles. The third-order valence-corrected chi connectivity index (χ3v) is 3.30. The molecule has 5 nitrogen and oxygen atoms in total. The van der Waals surface area contributed by atoms with Crippen molar-refractivity contribution in [3.63, 3.8) is 0 Å².